The number of aromatic amines is 1. The molecule has 1 aromatic heterocycles. The number of rotatable bonds is 13. The highest BCUT2D eigenvalue weighted by molar-refractivity contribution is 5.81. The van der Waals surface area contributed by atoms with Crippen molar-refractivity contribution in [2.24, 2.45) is 0 Å². The molecule has 1 heterocycles. The van der Waals surface area contributed by atoms with Gasteiger partial charge in [0.1, 0.15) is 0 Å². The Morgan fingerprint density at radius 2 is 1.70 bits per heavy atom. The van der Waals surface area contributed by atoms with E-state index in [1.165, 1.54) is 38.0 Å². The van der Waals surface area contributed by atoms with Crippen molar-refractivity contribution < 1.29 is 14.3 Å². The summed E-state index contributed by atoms with van der Waals surface area (Å²) in [7, 11) is 2.98. The summed E-state index contributed by atoms with van der Waals surface area (Å²) in [6.45, 7) is 3.13. The van der Waals surface area contributed by atoms with Crippen molar-refractivity contribution in [3.63, 3.8) is 0 Å². The van der Waals surface area contributed by atoms with E-state index < -0.39 is 5.69 Å². The van der Waals surface area contributed by atoms with E-state index in [0.717, 1.165) is 12.8 Å². The Hall–Kier alpha value is -2.77. The van der Waals surface area contributed by atoms with E-state index in [1.54, 1.807) is 12.1 Å². The Kier molecular flexibility index (Phi) is 9.44. The number of nitrogens with one attached hydrogen (secondary N) is 2. The number of nitrogens with zero attached hydrogens (tertiary/aromatic N) is 1. The molecule has 0 radical (unpaired) electrons. The quantitative estimate of drug-likeness (QED) is 0.486. The van der Waals surface area contributed by atoms with E-state index in [4.69, 9.17) is 9.47 Å². The highest BCUT2D eigenvalue weighted by atomic mass is 16.5. The minimum absolute atomic E-state index is 0.0158. The van der Waals surface area contributed by atoms with Crippen LogP contribution in [-0.4, -0.2) is 36.2 Å². The van der Waals surface area contributed by atoms with Gasteiger partial charge in [0.2, 0.25) is 5.91 Å². The van der Waals surface area contributed by atoms with Crippen LogP contribution in [0.5, 0.6) is 11.5 Å². The number of amides is 1. The second kappa shape index (κ2) is 12.0. The third-order valence-electron chi connectivity index (χ3n) is 5.12. The van der Waals surface area contributed by atoms with E-state index in [0.29, 0.717) is 48.2 Å². The fourth-order valence-corrected chi connectivity index (χ4v) is 3.38. The zero-order chi connectivity index (χ0) is 21.9. The van der Waals surface area contributed by atoms with Crippen molar-refractivity contribution >= 4 is 16.8 Å². The van der Waals surface area contributed by atoms with Crippen LogP contribution in [0.4, 0.5) is 0 Å². The van der Waals surface area contributed by atoms with Gasteiger partial charge < -0.3 is 19.8 Å². The molecule has 1 aromatic carbocycles. The van der Waals surface area contributed by atoms with Gasteiger partial charge in [-0.15, -0.1) is 0 Å². The van der Waals surface area contributed by atoms with Crippen molar-refractivity contribution in [3.8, 4) is 11.5 Å². The normalized spacial score (nSPS) is 10.9. The molecule has 0 atom stereocenters. The Balaban J connectivity index is 1.90. The van der Waals surface area contributed by atoms with Gasteiger partial charge in [0.25, 0.3) is 5.56 Å². The predicted octanol–water partition coefficient (Wildman–Crippen LogP) is 2.96. The van der Waals surface area contributed by atoms with E-state index in [9.17, 15) is 14.4 Å². The van der Waals surface area contributed by atoms with Crippen molar-refractivity contribution in [2.75, 3.05) is 20.8 Å². The standard InChI is InChI=1S/C22H33N3O5/c1-4-5-6-7-9-12-23-20(26)11-8-10-13-25-21(27)16-14-18(29-2)19(30-3)15-17(16)24-22(25)28/h14-15H,4-13H2,1-3H3,(H,23,26)(H,24,28). The van der Waals surface area contributed by atoms with Crippen molar-refractivity contribution in [3.05, 3.63) is 33.0 Å². The summed E-state index contributed by atoms with van der Waals surface area (Å²) in [5.41, 5.74) is -0.459. The fourth-order valence-electron chi connectivity index (χ4n) is 3.38. The van der Waals surface area contributed by atoms with E-state index in [-0.39, 0.29) is 18.0 Å². The Bertz CT molecular complexity index is 948. The molecule has 0 bridgehead atoms. The number of H-pyrrole nitrogens is 1. The molecule has 2 N–H and O–H groups in total. The van der Waals surface area contributed by atoms with Crippen LogP contribution in [0.15, 0.2) is 21.7 Å². The van der Waals surface area contributed by atoms with Crippen LogP contribution in [0.3, 0.4) is 0 Å². The molecule has 0 fully saturated rings. The lowest BCUT2D eigenvalue weighted by molar-refractivity contribution is -0.121. The highest BCUT2D eigenvalue weighted by Crippen LogP contribution is 2.29. The highest BCUT2D eigenvalue weighted by Gasteiger charge is 2.13. The maximum absolute atomic E-state index is 12.8. The molecule has 0 unspecified atom stereocenters. The van der Waals surface area contributed by atoms with E-state index in [1.807, 2.05) is 0 Å². The summed E-state index contributed by atoms with van der Waals surface area (Å²) in [6, 6.07) is 3.14. The average molecular weight is 420 g/mol. The number of hydrogen-bond donors (Lipinski definition) is 2. The number of aromatic nitrogens is 2. The molecule has 0 aliphatic rings. The zero-order valence-corrected chi connectivity index (χ0v) is 18.2. The van der Waals surface area contributed by atoms with Crippen molar-refractivity contribution in [1.82, 2.24) is 14.9 Å². The number of hydrogen-bond acceptors (Lipinski definition) is 5. The summed E-state index contributed by atoms with van der Waals surface area (Å²) in [5, 5.41) is 3.28. The molecule has 0 saturated carbocycles. The number of carbonyl (C=O) groups excluding carboxylic acids is 1. The lowest BCUT2D eigenvalue weighted by Gasteiger charge is -2.11. The molecule has 0 spiro atoms. The molecule has 0 aliphatic heterocycles. The molecule has 0 aliphatic carbocycles. The van der Waals surface area contributed by atoms with Gasteiger partial charge in [-0.25, -0.2) is 4.79 Å². The minimum Gasteiger partial charge on any atom is -0.493 e. The maximum atomic E-state index is 12.8. The number of benzene rings is 1. The fraction of sp³-hybridized carbons (Fsp3) is 0.591. The first-order valence-electron chi connectivity index (χ1n) is 10.7. The SMILES string of the molecule is CCCCCCCNC(=O)CCCCn1c(=O)[nH]c2cc(OC)c(OC)cc2c1=O. The number of methoxy groups -OCH3 is 2. The molecule has 8 heteroatoms. The number of carbonyl (C=O) groups is 1. The third kappa shape index (κ3) is 6.37. The lowest BCUT2D eigenvalue weighted by Crippen LogP contribution is -2.35. The molecule has 2 rings (SSSR count). The molecule has 1 amide bonds. The number of ether oxygens (including phenoxy) is 2. The molecule has 2 aromatic rings. The smallest absolute Gasteiger partial charge is 0.328 e. The van der Waals surface area contributed by atoms with Crippen LogP contribution in [0, 0.1) is 0 Å². The Morgan fingerprint density at radius 3 is 2.40 bits per heavy atom. The van der Waals surface area contributed by atoms with Gasteiger partial charge in [-0.2, -0.15) is 0 Å². The monoisotopic (exact) mass is 419 g/mol. The summed E-state index contributed by atoms with van der Waals surface area (Å²) < 4.78 is 11.6. The third-order valence-corrected chi connectivity index (χ3v) is 5.12. The summed E-state index contributed by atoms with van der Waals surface area (Å²) in [6.07, 6.45) is 7.35. The van der Waals surface area contributed by atoms with Crippen LogP contribution < -0.4 is 26.0 Å². The average Bonchev–Trinajstić information content (AvgIpc) is 2.74. The summed E-state index contributed by atoms with van der Waals surface area (Å²) >= 11 is 0. The van der Waals surface area contributed by atoms with Crippen LogP contribution in [0.25, 0.3) is 10.9 Å². The second-order valence-electron chi connectivity index (χ2n) is 7.36. The second-order valence-corrected chi connectivity index (χ2v) is 7.36. The molecule has 166 valence electrons. The summed E-state index contributed by atoms with van der Waals surface area (Å²) in [4.78, 5) is 39.7. The maximum Gasteiger partial charge on any atom is 0.328 e. The molecule has 0 saturated heterocycles. The Morgan fingerprint density at radius 1 is 1.00 bits per heavy atom. The first-order chi connectivity index (χ1) is 14.5. The largest absolute Gasteiger partial charge is 0.493 e. The zero-order valence-electron chi connectivity index (χ0n) is 18.2. The van der Waals surface area contributed by atoms with Crippen LogP contribution in [0.1, 0.15) is 58.3 Å². The van der Waals surface area contributed by atoms with Gasteiger partial charge in [-0.3, -0.25) is 14.2 Å². The summed E-state index contributed by atoms with van der Waals surface area (Å²) in [5.74, 6) is 0.878. The van der Waals surface area contributed by atoms with Gasteiger partial charge in [-0.05, 0) is 25.3 Å². The molecule has 30 heavy (non-hydrogen) atoms. The van der Waals surface area contributed by atoms with E-state index >= 15 is 0 Å². The number of unbranched alkanes of at least 4 members (excludes halogenated alkanes) is 5. The van der Waals surface area contributed by atoms with Crippen molar-refractivity contribution in [1.29, 1.82) is 0 Å². The topological polar surface area (TPSA) is 102 Å². The predicted molar refractivity (Wildman–Crippen MR) is 118 cm³/mol. The van der Waals surface area contributed by atoms with Gasteiger partial charge in [0.15, 0.2) is 11.5 Å². The molecule has 8 nitrogen and oxygen atoms in total. The van der Waals surface area contributed by atoms with Gasteiger partial charge >= 0.3 is 5.69 Å². The van der Waals surface area contributed by atoms with Crippen LogP contribution in [-0.2, 0) is 11.3 Å². The van der Waals surface area contributed by atoms with Gasteiger partial charge in [0.05, 0.1) is 25.1 Å². The van der Waals surface area contributed by atoms with Crippen LogP contribution >= 0.6 is 0 Å². The van der Waals surface area contributed by atoms with Gasteiger partial charge in [0, 0.05) is 25.6 Å². The van der Waals surface area contributed by atoms with Crippen molar-refractivity contribution in [2.45, 2.75) is 64.8 Å². The molecular formula is C22H33N3O5. The number of fused-ring (bicyclic) bond motifs is 1. The first kappa shape index (κ1) is 23.5. The first-order valence-corrected chi connectivity index (χ1v) is 10.7. The minimum atomic E-state index is -0.476. The molecular weight excluding hydrogens is 386 g/mol. The van der Waals surface area contributed by atoms with E-state index in [2.05, 4.69) is 17.2 Å². The Labute approximate surface area is 176 Å². The van der Waals surface area contributed by atoms with Crippen LogP contribution in [0.2, 0.25) is 0 Å². The lowest BCUT2D eigenvalue weighted by atomic mass is 10.1. The van der Waals surface area contributed by atoms with Gasteiger partial charge in [-0.1, -0.05) is 32.6 Å².